The van der Waals surface area contributed by atoms with Gasteiger partial charge in [-0.05, 0) is 24.1 Å². The van der Waals surface area contributed by atoms with E-state index in [9.17, 15) is 0 Å². The standard InChI is InChI=1S/C12H17N3/c1-3-7-15(8-4-2)12-9-11(10-13)5-6-14-12/h1,5-6,9H,4,7-8,10,13H2,2H3. The summed E-state index contributed by atoms with van der Waals surface area (Å²) in [4.78, 5) is 6.38. The van der Waals surface area contributed by atoms with Gasteiger partial charge in [0.25, 0.3) is 0 Å². The van der Waals surface area contributed by atoms with Crippen molar-refractivity contribution >= 4 is 5.82 Å². The molecule has 15 heavy (non-hydrogen) atoms. The fraction of sp³-hybridized carbons (Fsp3) is 0.417. The van der Waals surface area contributed by atoms with Crippen LogP contribution in [0.25, 0.3) is 0 Å². The highest BCUT2D eigenvalue weighted by atomic mass is 15.2. The maximum absolute atomic E-state index is 5.58. The molecule has 0 atom stereocenters. The molecule has 0 aromatic carbocycles. The Morgan fingerprint density at radius 3 is 3.00 bits per heavy atom. The predicted octanol–water partition coefficient (Wildman–Crippen LogP) is 1.39. The van der Waals surface area contributed by atoms with Crippen molar-refractivity contribution in [3.63, 3.8) is 0 Å². The van der Waals surface area contributed by atoms with E-state index in [1.165, 1.54) is 0 Å². The average Bonchev–Trinajstić information content (AvgIpc) is 2.29. The molecule has 0 radical (unpaired) electrons. The number of hydrogen-bond acceptors (Lipinski definition) is 3. The third kappa shape index (κ3) is 3.26. The van der Waals surface area contributed by atoms with Crippen molar-refractivity contribution in [3.05, 3.63) is 23.9 Å². The quantitative estimate of drug-likeness (QED) is 0.735. The predicted molar refractivity (Wildman–Crippen MR) is 63.5 cm³/mol. The fourth-order valence-electron chi connectivity index (χ4n) is 1.42. The van der Waals surface area contributed by atoms with Crippen LogP contribution in [0.15, 0.2) is 18.3 Å². The summed E-state index contributed by atoms with van der Waals surface area (Å²) in [6.45, 7) is 4.17. The third-order valence-corrected chi connectivity index (χ3v) is 2.15. The highest BCUT2D eigenvalue weighted by Crippen LogP contribution is 2.12. The van der Waals surface area contributed by atoms with E-state index in [0.29, 0.717) is 13.1 Å². The van der Waals surface area contributed by atoms with Gasteiger partial charge in [-0.3, -0.25) is 0 Å². The Labute approximate surface area is 91.3 Å². The van der Waals surface area contributed by atoms with Gasteiger partial charge in [0, 0.05) is 19.3 Å². The minimum absolute atomic E-state index is 0.533. The molecule has 0 aliphatic heterocycles. The van der Waals surface area contributed by atoms with Gasteiger partial charge >= 0.3 is 0 Å². The lowest BCUT2D eigenvalue weighted by atomic mass is 10.2. The molecule has 0 saturated carbocycles. The van der Waals surface area contributed by atoms with Gasteiger partial charge in [0.1, 0.15) is 5.82 Å². The average molecular weight is 203 g/mol. The molecule has 0 aliphatic carbocycles. The molecular weight excluding hydrogens is 186 g/mol. The van der Waals surface area contributed by atoms with E-state index >= 15 is 0 Å². The molecule has 0 spiro atoms. The normalized spacial score (nSPS) is 9.67. The van der Waals surface area contributed by atoms with Crippen LogP contribution in [0.3, 0.4) is 0 Å². The van der Waals surface area contributed by atoms with Gasteiger partial charge in [0.15, 0.2) is 0 Å². The molecule has 1 aromatic heterocycles. The lowest BCUT2D eigenvalue weighted by Gasteiger charge is -2.20. The first kappa shape index (κ1) is 11.5. The Hall–Kier alpha value is -1.53. The molecule has 80 valence electrons. The van der Waals surface area contributed by atoms with Gasteiger partial charge in [-0.1, -0.05) is 12.8 Å². The van der Waals surface area contributed by atoms with Crippen LogP contribution < -0.4 is 10.6 Å². The second-order valence-corrected chi connectivity index (χ2v) is 3.35. The van der Waals surface area contributed by atoms with Crippen molar-refractivity contribution < 1.29 is 0 Å². The Kier molecular flexibility index (Phi) is 4.65. The zero-order valence-electron chi connectivity index (χ0n) is 9.11. The fourth-order valence-corrected chi connectivity index (χ4v) is 1.42. The van der Waals surface area contributed by atoms with E-state index < -0.39 is 0 Å². The summed E-state index contributed by atoms with van der Waals surface area (Å²) in [6.07, 6.45) is 8.15. The van der Waals surface area contributed by atoms with Crippen LogP contribution in [0.4, 0.5) is 5.82 Å². The summed E-state index contributed by atoms with van der Waals surface area (Å²) in [5, 5.41) is 0. The van der Waals surface area contributed by atoms with E-state index in [-0.39, 0.29) is 0 Å². The van der Waals surface area contributed by atoms with Crippen LogP contribution in [0.2, 0.25) is 0 Å². The molecule has 0 bridgehead atoms. The number of nitrogens with two attached hydrogens (primary N) is 1. The number of hydrogen-bond donors (Lipinski definition) is 1. The molecular formula is C12H17N3. The summed E-state index contributed by atoms with van der Waals surface area (Å²) >= 11 is 0. The minimum Gasteiger partial charge on any atom is -0.345 e. The van der Waals surface area contributed by atoms with E-state index in [1.807, 2.05) is 12.1 Å². The molecule has 1 aromatic rings. The number of nitrogens with zero attached hydrogens (tertiary/aromatic N) is 2. The number of pyridine rings is 1. The highest BCUT2D eigenvalue weighted by Gasteiger charge is 2.05. The van der Waals surface area contributed by atoms with Crippen LogP contribution in [0.1, 0.15) is 18.9 Å². The molecule has 0 aliphatic rings. The van der Waals surface area contributed by atoms with E-state index in [2.05, 4.69) is 22.7 Å². The zero-order valence-corrected chi connectivity index (χ0v) is 9.11. The Bertz CT molecular complexity index is 341. The maximum atomic E-state index is 5.58. The van der Waals surface area contributed by atoms with Gasteiger partial charge in [-0.15, -0.1) is 6.42 Å². The van der Waals surface area contributed by atoms with Gasteiger partial charge < -0.3 is 10.6 Å². The van der Waals surface area contributed by atoms with Crippen molar-refractivity contribution in [2.75, 3.05) is 18.0 Å². The SMILES string of the molecule is C#CCN(CCC)c1cc(CN)ccn1. The molecule has 3 nitrogen and oxygen atoms in total. The lowest BCUT2D eigenvalue weighted by molar-refractivity contribution is 0.807. The van der Waals surface area contributed by atoms with E-state index in [1.54, 1.807) is 6.20 Å². The van der Waals surface area contributed by atoms with Gasteiger partial charge in [0.2, 0.25) is 0 Å². The molecule has 3 heteroatoms. The number of terminal acetylenes is 1. The van der Waals surface area contributed by atoms with Crippen molar-refractivity contribution in [3.8, 4) is 12.3 Å². The van der Waals surface area contributed by atoms with Crippen LogP contribution in [-0.2, 0) is 6.54 Å². The molecule has 0 amide bonds. The molecule has 2 N–H and O–H groups in total. The highest BCUT2D eigenvalue weighted by molar-refractivity contribution is 5.42. The Morgan fingerprint density at radius 1 is 1.60 bits per heavy atom. The van der Waals surface area contributed by atoms with Crippen LogP contribution in [0.5, 0.6) is 0 Å². The topological polar surface area (TPSA) is 42.1 Å². The van der Waals surface area contributed by atoms with Crippen LogP contribution >= 0.6 is 0 Å². The van der Waals surface area contributed by atoms with Crippen molar-refractivity contribution in [2.24, 2.45) is 5.73 Å². The van der Waals surface area contributed by atoms with E-state index in [4.69, 9.17) is 12.2 Å². The van der Waals surface area contributed by atoms with Gasteiger partial charge in [-0.2, -0.15) is 0 Å². The smallest absolute Gasteiger partial charge is 0.129 e. The molecule has 1 rings (SSSR count). The van der Waals surface area contributed by atoms with Gasteiger partial charge in [0.05, 0.1) is 6.54 Å². The van der Waals surface area contributed by atoms with Gasteiger partial charge in [-0.25, -0.2) is 4.98 Å². The first-order valence-corrected chi connectivity index (χ1v) is 5.15. The molecule has 0 fully saturated rings. The number of aromatic nitrogens is 1. The monoisotopic (exact) mass is 203 g/mol. The second-order valence-electron chi connectivity index (χ2n) is 3.35. The van der Waals surface area contributed by atoms with Crippen LogP contribution in [0, 0.1) is 12.3 Å². The molecule has 0 unspecified atom stereocenters. The molecule has 1 heterocycles. The summed E-state index contributed by atoms with van der Waals surface area (Å²) in [6, 6.07) is 3.91. The first-order valence-electron chi connectivity index (χ1n) is 5.15. The minimum atomic E-state index is 0.533. The van der Waals surface area contributed by atoms with Crippen molar-refractivity contribution in [1.29, 1.82) is 0 Å². The summed E-state index contributed by atoms with van der Waals surface area (Å²) < 4.78 is 0. The number of anilines is 1. The first-order chi connectivity index (χ1) is 7.31. The van der Waals surface area contributed by atoms with Crippen LogP contribution in [-0.4, -0.2) is 18.1 Å². The summed E-state index contributed by atoms with van der Waals surface area (Å²) in [5.74, 6) is 3.56. The Balaban J connectivity index is 2.85. The molecule has 0 saturated heterocycles. The lowest BCUT2D eigenvalue weighted by Crippen LogP contribution is -2.25. The largest absolute Gasteiger partial charge is 0.345 e. The summed E-state index contributed by atoms with van der Waals surface area (Å²) in [7, 11) is 0. The third-order valence-electron chi connectivity index (χ3n) is 2.15. The zero-order chi connectivity index (χ0) is 11.1. The maximum Gasteiger partial charge on any atom is 0.129 e. The Morgan fingerprint density at radius 2 is 2.40 bits per heavy atom. The van der Waals surface area contributed by atoms with Crippen molar-refractivity contribution in [1.82, 2.24) is 4.98 Å². The van der Waals surface area contributed by atoms with E-state index in [0.717, 1.165) is 24.3 Å². The second kappa shape index (κ2) is 6.05. The van der Waals surface area contributed by atoms with Crippen molar-refractivity contribution in [2.45, 2.75) is 19.9 Å². The summed E-state index contributed by atoms with van der Waals surface area (Å²) in [5.41, 5.74) is 6.66. The number of rotatable bonds is 5.